The molecule has 0 saturated heterocycles. The lowest BCUT2D eigenvalue weighted by atomic mass is 10.3. The van der Waals surface area contributed by atoms with E-state index >= 15 is 0 Å². The number of anilines is 1. The number of halogens is 1. The molecule has 0 unspecified atom stereocenters. The van der Waals surface area contributed by atoms with Crippen molar-refractivity contribution < 1.29 is 13.2 Å². The molecule has 0 bridgehead atoms. The van der Waals surface area contributed by atoms with E-state index in [9.17, 15) is 13.2 Å². The van der Waals surface area contributed by atoms with E-state index < -0.39 is 16.1 Å². The van der Waals surface area contributed by atoms with E-state index in [1.165, 1.54) is 18.2 Å². The summed E-state index contributed by atoms with van der Waals surface area (Å²) in [5.74, 6) is 0. The van der Waals surface area contributed by atoms with Crippen LogP contribution in [0.1, 0.15) is 6.92 Å². The zero-order valence-electron chi connectivity index (χ0n) is 9.03. The van der Waals surface area contributed by atoms with E-state index in [2.05, 4.69) is 5.32 Å². The number of carbonyl (C=O) groups excluding carboxylic acids is 1. The SMILES string of the molecule is CCNC(=O)NS(=O)(=O)c1c(N)cccc1Cl. The van der Waals surface area contributed by atoms with Gasteiger partial charge in [0.2, 0.25) is 0 Å². The number of sulfonamides is 1. The summed E-state index contributed by atoms with van der Waals surface area (Å²) in [5, 5.41) is 2.26. The van der Waals surface area contributed by atoms with Crippen molar-refractivity contribution in [3.63, 3.8) is 0 Å². The zero-order chi connectivity index (χ0) is 13.1. The molecule has 0 aliphatic rings. The topological polar surface area (TPSA) is 101 Å². The Bertz CT molecular complexity index is 510. The summed E-state index contributed by atoms with van der Waals surface area (Å²) in [4.78, 5) is 10.9. The summed E-state index contributed by atoms with van der Waals surface area (Å²) in [7, 11) is -4.06. The normalized spacial score (nSPS) is 10.9. The smallest absolute Gasteiger partial charge is 0.328 e. The third kappa shape index (κ3) is 3.24. The highest BCUT2D eigenvalue weighted by molar-refractivity contribution is 7.90. The molecule has 0 radical (unpaired) electrons. The maximum absolute atomic E-state index is 11.8. The molecule has 0 atom stereocenters. The molecule has 8 heteroatoms. The molecular formula is C9H12ClN3O3S. The minimum absolute atomic E-state index is 0.0192. The van der Waals surface area contributed by atoms with Crippen molar-refractivity contribution in [2.75, 3.05) is 12.3 Å². The fourth-order valence-corrected chi connectivity index (χ4v) is 2.79. The van der Waals surface area contributed by atoms with Crippen LogP contribution in [0, 0.1) is 0 Å². The van der Waals surface area contributed by atoms with Gasteiger partial charge in [0.05, 0.1) is 10.7 Å². The van der Waals surface area contributed by atoms with Crippen molar-refractivity contribution in [1.29, 1.82) is 0 Å². The quantitative estimate of drug-likeness (QED) is 0.715. The number of nitrogen functional groups attached to an aromatic ring is 1. The van der Waals surface area contributed by atoms with E-state index in [0.29, 0.717) is 6.54 Å². The molecule has 6 nitrogen and oxygen atoms in total. The van der Waals surface area contributed by atoms with Crippen LogP contribution in [0.3, 0.4) is 0 Å². The lowest BCUT2D eigenvalue weighted by molar-refractivity contribution is 0.246. The largest absolute Gasteiger partial charge is 0.398 e. The molecule has 0 heterocycles. The van der Waals surface area contributed by atoms with Crippen molar-refractivity contribution in [3.8, 4) is 0 Å². The molecule has 0 aliphatic carbocycles. The number of urea groups is 1. The molecule has 2 amide bonds. The summed E-state index contributed by atoms with van der Waals surface area (Å²) in [5.41, 5.74) is 5.50. The zero-order valence-corrected chi connectivity index (χ0v) is 10.6. The average Bonchev–Trinajstić information content (AvgIpc) is 2.15. The van der Waals surface area contributed by atoms with Crippen LogP contribution in [-0.2, 0) is 10.0 Å². The van der Waals surface area contributed by atoms with Gasteiger partial charge in [0, 0.05) is 6.54 Å². The molecule has 1 aromatic carbocycles. The second-order valence-electron chi connectivity index (χ2n) is 3.12. The lowest BCUT2D eigenvalue weighted by Gasteiger charge is -2.10. The van der Waals surface area contributed by atoms with Gasteiger partial charge in [0.25, 0.3) is 10.0 Å². The van der Waals surface area contributed by atoms with E-state index in [1.807, 2.05) is 4.72 Å². The Morgan fingerprint density at radius 1 is 1.47 bits per heavy atom. The number of rotatable bonds is 3. The minimum atomic E-state index is -4.06. The Kier molecular flexibility index (Phi) is 4.19. The second-order valence-corrected chi connectivity index (χ2v) is 5.15. The first-order valence-electron chi connectivity index (χ1n) is 4.73. The van der Waals surface area contributed by atoms with E-state index in [1.54, 1.807) is 6.92 Å². The fraction of sp³-hybridized carbons (Fsp3) is 0.222. The van der Waals surface area contributed by atoms with Gasteiger partial charge in [0.15, 0.2) is 0 Å². The number of amides is 2. The second kappa shape index (κ2) is 5.24. The first-order valence-corrected chi connectivity index (χ1v) is 6.59. The molecule has 0 aliphatic heterocycles. The standard InChI is InChI=1S/C9H12ClN3O3S/c1-2-12-9(14)13-17(15,16)8-6(10)4-3-5-7(8)11/h3-5H,2,11H2,1H3,(H2,12,13,14). The maximum atomic E-state index is 11.8. The minimum Gasteiger partial charge on any atom is -0.398 e. The van der Waals surface area contributed by atoms with Crippen LogP contribution >= 0.6 is 11.6 Å². The molecule has 0 saturated carbocycles. The van der Waals surface area contributed by atoms with E-state index in [-0.39, 0.29) is 15.6 Å². The van der Waals surface area contributed by atoms with E-state index in [0.717, 1.165) is 0 Å². The molecule has 1 rings (SSSR count). The number of carbonyl (C=O) groups is 1. The highest BCUT2D eigenvalue weighted by Crippen LogP contribution is 2.26. The number of hydrogen-bond acceptors (Lipinski definition) is 4. The van der Waals surface area contributed by atoms with Crippen LogP contribution in [0.2, 0.25) is 5.02 Å². The van der Waals surface area contributed by atoms with Gasteiger partial charge in [-0.1, -0.05) is 17.7 Å². The van der Waals surface area contributed by atoms with Crippen LogP contribution in [0.5, 0.6) is 0 Å². The van der Waals surface area contributed by atoms with Crippen molar-refractivity contribution in [3.05, 3.63) is 23.2 Å². The third-order valence-corrected chi connectivity index (χ3v) is 3.70. The lowest BCUT2D eigenvalue weighted by Crippen LogP contribution is -2.39. The number of hydrogen-bond donors (Lipinski definition) is 3. The first kappa shape index (κ1) is 13.6. The predicted octanol–water partition coefficient (Wildman–Crippen LogP) is 0.930. The average molecular weight is 278 g/mol. The van der Waals surface area contributed by atoms with Gasteiger partial charge in [-0.3, -0.25) is 0 Å². The summed E-state index contributed by atoms with van der Waals surface area (Å²) in [6.07, 6.45) is 0. The van der Waals surface area contributed by atoms with Crippen molar-refractivity contribution in [1.82, 2.24) is 10.0 Å². The van der Waals surface area contributed by atoms with Gasteiger partial charge >= 0.3 is 6.03 Å². The Morgan fingerprint density at radius 3 is 2.65 bits per heavy atom. The van der Waals surface area contributed by atoms with Crippen molar-refractivity contribution in [2.45, 2.75) is 11.8 Å². The Hall–Kier alpha value is -1.47. The highest BCUT2D eigenvalue weighted by Gasteiger charge is 2.22. The predicted molar refractivity (Wildman–Crippen MR) is 65.3 cm³/mol. The van der Waals surface area contributed by atoms with Gasteiger partial charge in [0.1, 0.15) is 4.90 Å². The van der Waals surface area contributed by atoms with Crippen LogP contribution in [0.15, 0.2) is 23.1 Å². The summed E-state index contributed by atoms with van der Waals surface area (Å²) < 4.78 is 25.5. The third-order valence-electron chi connectivity index (χ3n) is 1.83. The molecular weight excluding hydrogens is 266 g/mol. The number of nitrogens with one attached hydrogen (secondary N) is 2. The first-order chi connectivity index (χ1) is 7.88. The molecule has 1 aromatic rings. The molecule has 0 aromatic heterocycles. The number of nitrogens with two attached hydrogens (primary N) is 1. The van der Waals surface area contributed by atoms with E-state index in [4.69, 9.17) is 17.3 Å². The highest BCUT2D eigenvalue weighted by atomic mass is 35.5. The molecule has 0 fully saturated rings. The summed E-state index contributed by atoms with van der Waals surface area (Å²) >= 11 is 5.74. The molecule has 17 heavy (non-hydrogen) atoms. The van der Waals surface area contributed by atoms with Crippen LogP contribution in [0.25, 0.3) is 0 Å². The summed E-state index contributed by atoms with van der Waals surface area (Å²) in [6.45, 7) is 1.97. The molecule has 0 spiro atoms. The maximum Gasteiger partial charge on any atom is 0.328 e. The fourth-order valence-electron chi connectivity index (χ4n) is 1.18. The molecule has 94 valence electrons. The van der Waals surface area contributed by atoms with Crippen molar-refractivity contribution >= 4 is 33.3 Å². The summed E-state index contributed by atoms with van der Waals surface area (Å²) in [6, 6.07) is 3.46. The Morgan fingerprint density at radius 2 is 2.12 bits per heavy atom. The van der Waals surface area contributed by atoms with Gasteiger partial charge in [-0.15, -0.1) is 0 Å². The van der Waals surface area contributed by atoms with Gasteiger partial charge in [-0.05, 0) is 19.1 Å². The van der Waals surface area contributed by atoms with Crippen LogP contribution in [-0.4, -0.2) is 21.0 Å². The van der Waals surface area contributed by atoms with Crippen molar-refractivity contribution in [2.24, 2.45) is 0 Å². The molecule has 4 N–H and O–H groups in total. The van der Waals surface area contributed by atoms with Gasteiger partial charge < -0.3 is 11.1 Å². The van der Waals surface area contributed by atoms with Crippen LogP contribution in [0.4, 0.5) is 10.5 Å². The number of benzene rings is 1. The Labute approximate surface area is 104 Å². The van der Waals surface area contributed by atoms with Crippen LogP contribution < -0.4 is 15.8 Å². The Balaban J connectivity index is 3.10. The van der Waals surface area contributed by atoms with Gasteiger partial charge in [-0.25, -0.2) is 17.9 Å². The monoisotopic (exact) mass is 277 g/mol. The van der Waals surface area contributed by atoms with Gasteiger partial charge in [-0.2, -0.15) is 0 Å².